The zero-order valence-electron chi connectivity index (χ0n) is 15.2. The summed E-state index contributed by atoms with van der Waals surface area (Å²) in [5, 5.41) is 11.8. The molecule has 0 aromatic heterocycles. The van der Waals surface area contributed by atoms with E-state index in [1.54, 1.807) is 29.2 Å². The number of anilines is 1. The van der Waals surface area contributed by atoms with Gasteiger partial charge in [-0.15, -0.1) is 0 Å². The Morgan fingerprint density at radius 3 is 2.23 bits per heavy atom. The number of nitriles is 1. The topological polar surface area (TPSA) is 96.8 Å². The summed E-state index contributed by atoms with van der Waals surface area (Å²) in [4.78, 5) is 14.0. The lowest BCUT2D eigenvalue weighted by Crippen LogP contribution is -2.54. The molecule has 0 bridgehead atoms. The molecule has 1 N–H and O–H groups in total. The lowest BCUT2D eigenvalue weighted by Gasteiger charge is -2.36. The molecule has 0 aliphatic carbocycles. The second-order valence-corrected chi connectivity index (χ2v) is 7.84. The van der Waals surface area contributed by atoms with Crippen molar-refractivity contribution >= 4 is 21.8 Å². The number of rotatable bonds is 7. The second kappa shape index (κ2) is 8.98. The summed E-state index contributed by atoms with van der Waals surface area (Å²) in [6, 6.07) is 8.91. The summed E-state index contributed by atoms with van der Waals surface area (Å²) in [6.45, 7) is 6.02. The Morgan fingerprint density at radius 1 is 1.15 bits per heavy atom. The summed E-state index contributed by atoms with van der Waals surface area (Å²) < 4.78 is 27.9. The van der Waals surface area contributed by atoms with E-state index in [-0.39, 0.29) is 12.5 Å². The predicted octanol–water partition coefficient (Wildman–Crippen LogP) is 0.701. The average molecular weight is 379 g/mol. The molecule has 0 unspecified atom stereocenters. The fraction of sp³-hybridized carbons (Fsp3) is 0.529. The number of nitrogens with zero attached hydrogens (tertiary/aromatic N) is 4. The summed E-state index contributed by atoms with van der Waals surface area (Å²) >= 11 is 0. The number of nitrogens with one attached hydrogen (secondary N) is 1. The van der Waals surface area contributed by atoms with E-state index >= 15 is 0 Å². The van der Waals surface area contributed by atoms with Gasteiger partial charge in [-0.3, -0.25) is 4.79 Å². The van der Waals surface area contributed by atoms with Crippen LogP contribution in [0.5, 0.6) is 0 Å². The van der Waals surface area contributed by atoms with Crippen molar-refractivity contribution in [1.82, 2.24) is 13.5 Å². The maximum Gasteiger partial charge on any atom is 0.282 e. The highest BCUT2D eigenvalue weighted by Gasteiger charge is 2.31. The molecule has 1 aromatic rings. The molecule has 1 aliphatic heterocycles. The van der Waals surface area contributed by atoms with Gasteiger partial charge in [-0.25, -0.2) is 0 Å². The molecule has 1 aliphatic rings. The summed E-state index contributed by atoms with van der Waals surface area (Å²) in [5.74, 6) is -0.0748. The summed E-state index contributed by atoms with van der Waals surface area (Å²) in [6.07, 6.45) is 0. The van der Waals surface area contributed by atoms with E-state index in [4.69, 9.17) is 5.26 Å². The minimum Gasteiger partial charge on any atom is -0.376 e. The van der Waals surface area contributed by atoms with Crippen molar-refractivity contribution in [3.05, 3.63) is 29.8 Å². The standard InChI is InChI=1S/C17H25N5O3S/c1-3-21(4-2)26(24,25)22-11-9-20(10-12-22)17(23)14-19-16-7-5-15(13-18)6-8-16/h5-8,19H,3-4,9-12,14H2,1-2H3. The molecular weight excluding hydrogens is 354 g/mol. The van der Waals surface area contributed by atoms with Gasteiger partial charge in [0.2, 0.25) is 5.91 Å². The van der Waals surface area contributed by atoms with E-state index in [0.717, 1.165) is 5.69 Å². The molecule has 9 heteroatoms. The smallest absolute Gasteiger partial charge is 0.282 e. The van der Waals surface area contributed by atoms with Crippen molar-refractivity contribution in [3.8, 4) is 6.07 Å². The summed E-state index contributed by atoms with van der Waals surface area (Å²) in [5.41, 5.74) is 1.33. The largest absolute Gasteiger partial charge is 0.376 e. The summed E-state index contributed by atoms with van der Waals surface area (Å²) in [7, 11) is -3.45. The molecule has 1 heterocycles. The third-order valence-corrected chi connectivity index (χ3v) is 6.59. The van der Waals surface area contributed by atoms with Crippen LogP contribution in [0.15, 0.2) is 24.3 Å². The van der Waals surface area contributed by atoms with E-state index in [9.17, 15) is 13.2 Å². The van der Waals surface area contributed by atoms with Crippen molar-refractivity contribution in [1.29, 1.82) is 5.26 Å². The molecule has 142 valence electrons. The Balaban J connectivity index is 1.85. The van der Waals surface area contributed by atoms with Crippen LogP contribution in [0.25, 0.3) is 0 Å². The first-order chi connectivity index (χ1) is 12.4. The van der Waals surface area contributed by atoms with Crippen LogP contribution in [-0.2, 0) is 15.0 Å². The molecule has 1 aromatic carbocycles. The molecule has 8 nitrogen and oxygen atoms in total. The van der Waals surface area contributed by atoms with Crippen molar-refractivity contribution in [2.45, 2.75) is 13.8 Å². The van der Waals surface area contributed by atoms with Gasteiger partial charge < -0.3 is 10.2 Å². The van der Waals surface area contributed by atoms with E-state index < -0.39 is 10.2 Å². The van der Waals surface area contributed by atoms with Crippen molar-refractivity contribution in [3.63, 3.8) is 0 Å². The Bertz CT molecular complexity index is 746. The minimum atomic E-state index is -3.45. The van der Waals surface area contributed by atoms with E-state index in [2.05, 4.69) is 5.32 Å². The van der Waals surface area contributed by atoms with Gasteiger partial charge in [0.25, 0.3) is 10.2 Å². The Morgan fingerprint density at radius 2 is 1.73 bits per heavy atom. The van der Waals surface area contributed by atoms with Crippen LogP contribution in [0.1, 0.15) is 19.4 Å². The third kappa shape index (κ3) is 4.72. The fourth-order valence-electron chi connectivity index (χ4n) is 2.83. The zero-order valence-corrected chi connectivity index (χ0v) is 16.0. The van der Waals surface area contributed by atoms with Crippen LogP contribution < -0.4 is 5.32 Å². The molecule has 1 saturated heterocycles. The SMILES string of the molecule is CCN(CC)S(=O)(=O)N1CCN(C(=O)CNc2ccc(C#N)cc2)CC1. The van der Waals surface area contributed by atoms with Crippen molar-refractivity contribution in [2.24, 2.45) is 0 Å². The van der Waals surface area contributed by atoms with E-state index in [1.807, 2.05) is 19.9 Å². The van der Waals surface area contributed by atoms with Gasteiger partial charge in [-0.1, -0.05) is 13.8 Å². The quantitative estimate of drug-likeness (QED) is 0.752. The van der Waals surface area contributed by atoms with Gasteiger partial charge in [0.05, 0.1) is 18.2 Å². The zero-order chi connectivity index (χ0) is 19.2. The highest BCUT2D eigenvalue weighted by molar-refractivity contribution is 7.86. The molecule has 0 radical (unpaired) electrons. The monoisotopic (exact) mass is 379 g/mol. The first-order valence-corrected chi connectivity index (χ1v) is 10.1. The molecule has 26 heavy (non-hydrogen) atoms. The number of piperazine rings is 1. The first-order valence-electron chi connectivity index (χ1n) is 8.69. The number of carbonyl (C=O) groups excluding carboxylic acids is 1. The third-order valence-electron chi connectivity index (χ3n) is 4.41. The Hall–Kier alpha value is -2.15. The van der Waals surface area contributed by atoms with Crippen molar-refractivity contribution in [2.75, 3.05) is 51.1 Å². The molecule has 0 atom stereocenters. The molecule has 1 fully saturated rings. The molecule has 2 rings (SSSR count). The van der Waals surface area contributed by atoms with Gasteiger partial charge in [0, 0.05) is 45.0 Å². The average Bonchev–Trinajstić information content (AvgIpc) is 2.67. The first kappa shape index (κ1) is 20.2. The fourth-order valence-corrected chi connectivity index (χ4v) is 4.44. The number of carbonyl (C=O) groups is 1. The number of hydrogen-bond donors (Lipinski definition) is 1. The van der Waals surface area contributed by atoms with Gasteiger partial charge in [0.1, 0.15) is 0 Å². The minimum absolute atomic E-state index is 0.0748. The van der Waals surface area contributed by atoms with Crippen LogP contribution in [0, 0.1) is 11.3 Å². The lowest BCUT2D eigenvalue weighted by atomic mass is 10.2. The maximum absolute atomic E-state index is 12.5. The lowest BCUT2D eigenvalue weighted by molar-refractivity contribution is -0.130. The van der Waals surface area contributed by atoms with Crippen LogP contribution in [-0.4, -0.2) is 73.6 Å². The van der Waals surface area contributed by atoms with E-state index in [0.29, 0.717) is 44.8 Å². The van der Waals surface area contributed by atoms with E-state index in [1.165, 1.54) is 8.61 Å². The van der Waals surface area contributed by atoms with Crippen LogP contribution >= 0.6 is 0 Å². The van der Waals surface area contributed by atoms with Gasteiger partial charge >= 0.3 is 0 Å². The highest BCUT2D eigenvalue weighted by Crippen LogP contribution is 2.13. The molecule has 1 amide bonds. The molecule has 0 saturated carbocycles. The highest BCUT2D eigenvalue weighted by atomic mass is 32.2. The maximum atomic E-state index is 12.5. The number of benzene rings is 1. The molecule has 0 spiro atoms. The normalized spacial score (nSPS) is 15.7. The Kier molecular flexibility index (Phi) is 6.97. The second-order valence-electron chi connectivity index (χ2n) is 5.91. The molecular formula is C17H25N5O3S. The van der Waals surface area contributed by atoms with Gasteiger partial charge in [-0.2, -0.15) is 22.3 Å². The number of hydrogen-bond acceptors (Lipinski definition) is 5. The van der Waals surface area contributed by atoms with Crippen LogP contribution in [0.4, 0.5) is 5.69 Å². The van der Waals surface area contributed by atoms with Gasteiger partial charge in [0.15, 0.2) is 0 Å². The van der Waals surface area contributed by atoms with Crippen LogP contribution in [0.3, 0.4) is 0 Å². The Labute approximate surface area is 155 Å². The van der Waals surface area contributed by atoms with Crippen molar-refractivity contribution < 1.29 is 13.2 Å². The number of amides is 1. The predicted molar refractivity (Wildman–Crippen MR) is 99.6 cm³/mol. The van der Waals surface area contributed by atoms with Crippen LogP contribution in [0.2, 0.25) is 0 Å². The van der Waals surface area contributed by atoms with Gasteiger partial charge in [-0.05, 0) is 24.3 Å².